The third kappa shape index (κ3) is 7.37. The zero-order chi connectivity index (χ0) is 15.7. The summed E-state index contributed by atoms with van der Waals surface area (Å²) < 4.78 is 29.6. The van der Waals surface area contributed by atoms with Gasteiger partial charge in [0.25, 0.3) is 6.43 Å². The Balaban J connectivity index is 0.00000441. The topological polar surface area (TPSA) is 62.5 Å². The standard InChI is InChI=1S/C14H24F2N4O.HI/c1-4-10(5-2)12-7-11(21-20-12)8-18-14(17-6-3)19-9-13(15)16;/h7,10,13H,4-6,8-9H2,1-3H3,(H2,17,18,19);1H. The first-order valence-electron chi connectivity index (χ1n) is 7.36. The number of hydrogen-bond acceptors (Lipinski definition) is 3. The van der Waals surface area contributed by atoms with Crippen LogP contribution in [0, 0.1) is 0 Å². The number of nitrogens with one attached hydrogen (secondary N) is 2. The Labute approximate surface area is 147 Å². The molecule has 0 unspecified atom stereocenters. The molecule has 128 valence electrons. The lowest BCUT2D eigenvalue weighted by Gasteiger charge is -2.09. The Bertz CT molecular complexity index is 436. The fourth-order valence-electron chi connectivity index (χ4n) is 1.98. The van der Waals surface area contributed by atoms with Crippen molar-refractivity contribution in [2.75, 3.05) is 13.1 Å². The maximum Gasteiger partial charge on any atom is 0.255 e. The van der Waals surface area contributed by atoms with Crippen LogP contribution in [0.25, 0.3) is 0 Å². The molecular formula is C14H25F2IN4O. The summed E-state index contributed by atoms with van der Waals surface area (Å²) in [5.41, 5.74) is 0.927. The third-order valence-corrected chi connectivity index (χ3v) is 3.14. The van der Waals surface area contributed by atoms with Crippen LogP contribution in [0.2, 0.25) is 0 Å². The molecule has 8 heteroatoms. The van der Waals surface area contributed by atoms with E-state index in [9.17, 15) is 8.78 Å². The van der Waals surface area contributed by atoms with E-state index in [4.69, 9.17) is 4.52 Å². The summed E-state index contributed by atoms with van der Waals surface area (Å²) in [6.07, 6.45) is -0.408. The summed E-state index contributed by atoms with van der Waals surface area (Å²) in [6.45, 7) is 6.53. The number of nitrogens with zero attached hydrogens (tertiary/aromatic N) is 2. The van der Waals surface area contributed by atoms with Crippen molar-refractivity contribution in [1.29, 1.82) is 0 Å². The van der Waals surface area contributed by atoms with Crippen LogP contribution < -0.4 is 10.6 Å². The lowest BCUT2D eigenvalue weighted by atomic mass is 9.99. The molecule has 0 aromatic carbocycles. The maximum atomic E-state index is 12.2. The van der Waals surface area contributed by atoms with Crippen LogP contribution in [0.15, 0.2) is 15.6 Å². The van der Waals surface area contributed by atoms with Gasteiger partial charge in [-0.15, -0.1) is 24.0 Å². The number of aromatic nitrogens is 1. The van der Waals surface area contributed by atoms with Gasteiger partial charge in [0.05, 0.1) is 12.2 Å². The minimum atomic E-state index is -2.42. The molecule has 1 heterocycles. The fraction of sp³-hybridized carbons (Fsp3) is 0.714. The van der Waals surface area contributed by atoms with Crippen molar-refractivity contribution in [2.24, 2.45) is 4.99 Å². The Kier molecular flexibility index (Phi) is 11.1. The molecule has 1 aromatic rings. The largest absolute Gasteiger partial charge is 0.359 e. The Morgan fingerprint density at radius 3 is 2.50 bits per heavy atom. The van der Waals surface area contributed by atoms with Crippen LogP contribution in [0.5, 0.6) is 0 Å². The number of rotatable bonds is 8. The van der Waals surface area contributed by atoms with Gasteiger partial charge < -0.3 is 15.2 Å². The van der Waals surface area contributed by atoms with Crippen molar-refractivity contribution in [3.8, 4) is 0 Å². The second kappa shape index (κ2) is 11.6. The Hall–Kier alpha value is -0.930. The number of alkyl halides is 2. The van der Waals surface area contributed by atoms with Gasteiger partial charge in [0.1, 0.15) is 6.54 Å². The molecule has 0 saturated heterocycles. The van der Waals surface area contributed by atoms with Crippen molar-refractivity contribution in [1.82, 2.24) is 15.8 Å². The monoisotopic (exact) mass is 430 g/mol. The predicted molar refractivity (Wildman–Crippen MR) is 94.1 cm³/mol. The first-order chi connectivity index (χ1) is 10.1. The summed E-state index contributed by atoms with van der Waals surface area (Å²) in [5, 5.41) is 9.52. The fourth-order valence-corrected chi connectivity index (χ4v) is 1.98. The van der Waals surface area contributed by atoms with E-state index < -0.39 is 13.0 Å². The van der Waals surface area contributed by atoms with Gasteiger partial charge in [-0.1, -0.05) is 19.0 Å². The molecule has 0 atom stereocenters. The molecule has 2 N–H and O–H groups in total. The molecule has 0 spiro atoms. The lowest BCUT2D eigenvalue weighted by molar-refractivity contribution is 0.152. The van der Waals surface area contributed by atoms with Crippen molar-refractivity contribution in [3.63, 3.8) is 0 Å². The Morgan fingerprint density at radius 2 is 1.95 bits per heavy atom. The molecule has 0 aliphatic rings. The summed E-state index contributed by atoms with van der Waals surface area (Å²) in [7, 11) is 0. The van der Waals surface area contributed by atoms with E-state index in [1.807, 2.05) is 13.0 Å². The van der Waals surface area contributed by atoms with Gasteiger partial charge in [0, 0.05) is 18.5 Å². The van der Waals surface area contributed by atoms with Crippen molar-refractivity contribution < 1.29 is 13.3 Å². The highest BCUT2D eigenvalue weighted by atomic mass is 127. The van der Waals surface area contributed by atoms with Crippen LogP contribution in [-0.2, 0) is 6.54 Å². The van der Waals surface area contributed by atoms with Gasteiger partial charge in [-0.25, -0.2) is 13.8 Å². The average molecular weight is 430 g/mol. The molecule has 0 fully saturated rings. The molecule has 0 amide bonds. The molecule has 0 aliphatic heterocycles. The van der Waals surface area contributed by atoms with Gasteiger partial charge in [0.2, 0.25) is 0 Å². The third-order valence-electron chi connectivity index (χ3n) is 3.14. The van der Waals surface area contributed by atoms with E-state index >= 15 is 0 Å². The first-order valence-corrected chi connectivity index (χ1v) is 7.36. The minimum Gasteiger partial charge on any atom is -0.359 e. The van der Waals surface area contributed by atoms with Crippen LogP contribution in [0.1, 0.15) is 51.0 Å². The molecule has 0 aliphatic carbocycles. The molecule has 22 heavy (non-hydrogen) atoms. The molecule has 5 nitrogen and oxygen atoms in total. The zero-order valence-electron chi connectivity index (χ0n) is 13.2. The second-order valence-electron chi connectivity index (χ2n) is 4.70. The van der Waals surface area contributed by atoms with Gasteiger partial charge >= 0.3 is 0 Å². The second-order valence-corrected chi connectivity index (χ2v) is 4.70. The van der Waals surface area contributed by atoms with Gasteiger partial charge in [-0.3, -0.25) is 0 Å². The lowest BCUT2D eigenvalue weighted by Crippen LogP contribution is -2.39. The maximum absolute atomic E-state index is 12.2. The van der Waals surface area contributed by atoms with Crippen molar-refractivity contribution in [2.45, 2.75) is 52.5 Å². The van der Waals surface area contributed by atoms with E-state index in [0.717, 1.165) is 18.5 Å². The van der Waals surface area contributed by atoms with Crippen LogP contribution in [0.3, 0.4) is 0 Å². The molecule has 0 bridgehead atoms. The van der Waals surface area contributed by atoms with Crippen molar-refractivity contribution in [3.05, 3.63) is 17.5 Å². The molecule has 0 saturated carbocycles. The molecule has 1 aromatic heterocycles. The van der Waals surface area contributed by atoms with Gasteiger partial charge in [-0.2, -0.15) is 0 Å². The van der Waals surface area contributed by atoms with E-state index in [0.29, 0.717) is 24.2 Å². The van der Waals surface area contributed by atoms with E-state index in [-0.39, 0.29) is 30.5 Å². The number of guanidine groups is 1. The predicted octanol–water partition coefficient (Wildman–Crippen LogP) is 3.52. The van der Waals surface area contributed by atoms with E-state index in [1.54, 1.807) is 0 Å². The first kappa shape index (κ1) is 21.1. The average Bonchev–Trinajstić information content (AvgIpc) is 2.92. The SMILES string of the molecule is CCNC(=NCc1cc(C(CC)CC)no1)NCC(F)F.I. The number of halogens is 3. The highest BCUT2D eigenvalue weighted by Gasteiger charge is 2.13. The Morgan fingerprint density at radius 1 is 1.27 bits per heavy atom. The van der Waals surface area contributed by atoms with E-state index in [1.165, 1.54) is 0 Å². The number of aliphatic imine (C=N–C) groups is 1. The molecule has 1 rings (SSSR count). The molecular weight excluding hydrogens is 405 g/mol. The number of hydrogen-bond donors (Lipinski definition) is 2. The zero-order valence-corrected chi connectivity index (χ0v) is 15.6. The summed E-state index contributed by atoms with van der Waals surface area (Å²) in [6, 6.07) is 1.89. The summed E-state index contributed by atoms with van der Waals surface area (Å²) >= 11 is 0. The summed E-state index contributed by atoms with van der Waals surface area (Å²) in [5.74, 6) is 1.36. The highest BCUT2D eigenvalue weighted by molar-refractivity contribution is 14.0. The van der Waals surface area contributed by atoms with Gasteiger partial charge in [-0.05, 0) is 19.8 Å². The normalized spacial score (nSPS) is 11.7. The van der Waals surface area contributed by atoms with Crippen LogP contribution in [-0.4, -0.2) is 30.6 Å². The van der Waals surface area contributed by atoms with Gasteiger partial charge in [0.15, 0.2) is 11.7 Å². The van der Waals surface area contributed by atoms with E-state index in [2.05, 4.69) is 34.6 Å². The van der Waals surface area contributed by atoms with Crippen molar-refractivity contribution >= 4 is 29.9 Å². The van der Waals surface area contributed by atoms with Crippen LogP contribution >= 0.6 is 24.0 Å². The quantitative estimate of drug-likeness (QED) is 0.377. The van der Waals surface area contributed by atoms with Crippen LogP contribution in [0.4, 0.5) is 8.78 Å². The minimum absolute atomic E-state index is 0. The summed E-state index contributed by atoms with van der Waals surface area (Å²) in [4.78, 5) is 4.21. The molecule has 0 radical (unpaired) electrons. The highest BCUT2D eigenvalue weighted by Crippen LogP contribution is 2.22. The smallest absolute Gasteiger partial charge is 0.255 e.